The van der Waals surface area contributed by atoms with E-state index in [1.54, 1.807) is 25.3 Å². The van der Waals surface area contributed by atoms with E-state index in [0.717, 1.165) is 5.56 Å². The molecule has 0 aliphatic rings. The largest absolute Gasteiger partial charge is 0.493 e. The zero-order valence-corrected chi connectivity index (χ0v) is 14.4. The zero-order chi connectivity index (χ0) is 16.7. The Morgan fingerprint density at radius 1 is 1.17 bits per heavy atom. The van der Waals surface area contributed by atoms with Crippen molar-refractivity contribution in [1.29, 1.82) is 0 Å². The molecule has 0 aromatic heterocycles. The molecule has 0 spiro atoms. The Hall–Kier alpha value is -2.27. The standard InChI is InChI=1S/C18H18BrNO3/c1-13(19)11-20-18(21)15-8-9-16(17(10-15)22-2)23-12-14-6-4-3-5-7-14/h3-10H,1,11-12H2,2H3,(H,20,21). The first-order valence-corrected chi connectivity index (χ1v) is 7.85. The molecule has 5 heteroatoms. The second kappa shape index (κ2) is 8.39. The summed E-state index contributed by atoms with van der Waals surface area (Å²) in [5, 5.41) is 2.75. The van der Waals surface area contributed by atoms with Crippen molar-refractivity contribution in [3.8, 4) is 11.5 Å². The molecule has 4 nitrogen and oxygen atoms in total. The number of carbonyl (C=O) groups excluding carboxylic acids is 1. The van der Waals surface area contributed by atoms with Crippen LogP contribution in [0, 0.1) is 0 Å². The number of rotatable bonds is 7. The van der Waals surface area contributed by atoms with Gasteiger partial charge < -0.3 is 14.8 Å². The number of hydrogen-bond acceptors (Lipinski definition) is 3. The van der Waals surface area contributed by atoms with E-state index in [1.807, 2.05) is 30.3 Å². The van der Waals surface area contributed by atoms with Crippen LogP contribution in [-0.2, 0) is 6.61 Å². The predicted molar refractivity (Wildman–Crippen MR) is 94.2 cm³/mol. The molecule has 23 heavy (non-hydrogen) atoms. The summed E-state index contributed by atoms with van der Waals surface area (Å²) in [4.78, 5) is 12.0. The number of nitrogens with one attached hydrogen (secondary N) is 1. The van der Waals surface area contributed by atoms with Crippen LogP contribution in [-0.4, -0.2) is 19.6 Å². The summed E-state index contributed by atoms with van der Waals surface area (Å²) in [6.07, 6.45) is 0. The Kier molecular flexibility index (Phi) is 6.23. The summed E-state index contributed by atoms with van der Waals surface area (Å²) < 4.78 is 11.8. The predicted octanol–water partition coefficient (Wildman–Crippen LogP) is 3.91. The number of halogens is 1. The van der Waals surface area contributed by atoms with Gasteiger partial charge in [-0.2, -0.15) is 0 Å². The minimum absolute atomic E-state index is 0.196. The van der Waals surface area contributed by atoms with E-state index in [2.05, 4.69) is 27.8 Å². The first-order valence-electron chi connectivity index (χ1n) is 7.06. The van der Waals surface area contributed by atoms with E-state index in [9.17, 15) is 4.79 Å². The molecule has 2 rings (SSSR count). The van der Waals surface area contributed by atoms with Crippen molar-refractivity contribution in [1.82, 2.24) is 5.32 Å². The third kappa shape index (κ3) is 5.14. The molecule has 0 unspecified atom stereocenters. The van der Waals surface area contributed by atoms with Crippen LogP contribution in [0.1, 0.15) is 15.9 Å². The van der Waals surface area contributed by atoms with Gasteiger partial charge in [0.15, 0.2) is 11.5 Å². The number of benzene rings is 2. The van der Waals surface area contributed by atoms with E-state index in [1.165, 1.54) is 0 Å². The number of amides is 1. The lowest BCUT2D eigenvalue weighted by Crippen LogP contribution is -2.24. The quantitative estimate of drug-likeness (QED) is 0.797. The smallest absolute Gasteiger partial charge is 0.251 e. The minimum Gasteiger partial charge on any atom is -0.493 e. The van der Waals surface area contributed by atoms with Gasteiger partial charge in [-0.25, -0.2) is 0 Å². The van der Waals surface area contributed by atoms with Gasteiger partial charge in [0.2, 0.25) is 0 Å². The lowest BCUT2D eigenvalue weighted by atomic mass is 10.2. The molecular formula is C18H18BrNO3. The van der Waals surface area contributed by atoms with Crippen LogP contribution in [0.3, 0.4) is 0 Å². The molecule has 1 N–H and O–H groups in total. The maximum atomic E-state index is 12.0. The maximum absolute atomic E-state index is 12.0. The number of ether oxygens (including phenoxy) is 2. The average molecular weight is 376 g/mol. The van der Waals surface area contributed by atoms with Gasteiger partial charge in [0.05, 0.1) is 7.11 Å². The first kappa shape index (κ1) is 17.1. The second-order valence-corrected chi connectivity index (χ2v) is 5.96. The summed E-state index contributed by atoms with van der Waals surface area (Å²) in [5.74, 6) is 0.919. The summed E-state index contributed by atoms with van der Waals surface area (Å²) in [7, 11) is 1.55. The van der Waals surface area contributed by atoms with E-state index < -0.39 is 0 Å². The molecule has 0 heterocycles. The topological polar surface area (TPSA) is 47.6 Å². The van der Waals surface area contributed by atoms with Gasteiger partial charge >= 0.3 is 0 Å². The fraction of sp³-hybridized carbons (Fsp3) is 0.167. The van der Waals surface area contributed by atoms with Gasteiger partial charge in [-0.05, 0) is 23.8 Å². The van der Waals surface area contributed by atoms with Crippen molar-refractivity contribution in [2.24, 2.45) is 0 Å². The molecular weight excluding hydrogens is 358 g/mol. The third-order valence-electron chi connectivity index (χ3n) is 3.10. The molecule has 120 valence electrons. The summed E-state index contributed by atoms with van der Waals surface area (Å²) in [6, 6.07) is 15.0. The molecule has 0 atom stereocenters. The van der Waals surface area contributed by atoms with Crippen molar-refractivity contribution in [3.63, 3.8) is 0 Å². The second-order valence-electron chi connectivity index (χ2n) is 4.84. The Morgan fingerprint density at radius 3 is 2.57 bits per heavy atom. The monoisotopic (exact) mass is 375 g/mol. The number of methoxy groups -OCH3 is 1. The Labute approximate surface area is 144 Å². The molecule has 0 aliphatic heterocycles. The zero-order valence-electron chi connectivity index (χ0n) is 12.8. The molecule has 1 amide bonds. The summed E-state index contributed by atoms with van der Waals surface area (Å²) >= 11 is 3.20. The molecule has 0 aliphatic carbocycles. The Morgan fingerprint density at radius 2 is 1.91 bits per heavy atom. The van der Waals surface area contributed by atoms with Crippen LogP contribution in [0.25, 0.3) is 0 Å². The highest BCUT2D eigenvalue weighted by molar-refractivity contribution is 9.11. The van der Waals surface area contributed by atoms with E-state index in [-0.39, 0.29) is 5.91 Å². The van der Waals surface area contributed by atoms with E-state index in [0.29, 0.717) is 34.7 Å². The molecule has 0 fully saturated rings. The van der Waals surface area contributed by atoms with Gasteiger partial charge in [0.25, 0.3) is 5.91 Å². The molecule has 0 saturated heterocycles. The van der Waals surface area contributed by atoms with Crippen LogP contribution in [0.5, 0.6) is 11.5 Å². The Balaban J connectivity index is 2.07. The first-order chi connectivity index (χ1) is 11.1. The van der Waals surface area contributed by atoms with Crippen molar-refractivity contribution in [2.45, 2.75) is 6.61 Å². The SMILES string of the molecule is C=C(Br)CNC(=O)c1ccc(OCc2ccccc2)c(OC)c1. The van der Waals surface area contributed by atoms with Crippen molar-refractivity contribution in [2.75, 3.05) is 13.7 Å². The number of carbonyl (C=O) groups is 1. The lowest BCUT2D eigenvalue weighted by molar-refractivity contribution is 0.0957. The van der Waals surface area contributed by atoms with Crippen molar-refractivity contribution >= 4 is 21.8 Å². The summed E-state index contributed by atoms with van der Waals surface area (Å²) in [6.45, 7) is 4.48. The normalized spacial score (nSPS) is 10.0. The third-order valence-corrected chi connectivity index (χ3v) is 3.38. The van der Waals surface area contributed by atoms with Crippen LogP contribution < -0.4 is 14.8 Å². The molecule has 0 bridgehead atoms. The summed E-state index contributed by atoms with van der Waals surface area (Å²) in [5.41, 5.74) is 1.56. The maximum Gasteiger partial charge on any atom is 0.251 e. The van der Waals surface area contributed by atoms with Gasteiger partial charge in [-0.15, -0.1) is 0 Å². The highest BCUT2D eigenvalue weighted by Gasteiger charge is 2.11. The van der Waals surface area contributed by atoms with E-state index in [4.69, 9.17) is 9.47 Å². The van der Waals surface area contributed by atoms with Crippen LogP contribution in [0.4, 0.5) is 0 Å². The minimum atomic E-state index is -0.196. The molecule has 2 aromatic rings. The van der Waals surface area contributed by atoms with Crippen molar-refractivity contribution in [3.05, 3.63) is 70.7 Å². The fourth-order valence-corrected chi connectivity index (χ4v) is 2.08. The highest BCUT2D eigenvalue weighted by Crippen LogP contribution is 2.28. The van der Waals surface area contributed by atoms with Gasteiger partial charge in [0.1, 0.15) is 6.61 Å². The average Bonchev–Trinajstić information content (AvgIpc) is 2.58. The van der Waals surface area contributed by atoms with Crippen LogP contribution in [0.15, 0.2) is 59.6 Å². The number of hydrogen-bond donors (Lipinski definition) is 1. The van der Waals surface area contributed by atoms with Crippen LogP contribution in [0.2, 0.25) is 0 Å². The Bertz CT molecular complexity index is 686. The fourth-order valence-electron chi connectivity index (χ4n) is 1.94. The van der Waals surface area contributed by atoms with Crippen molar-refractivity contribution < 1.29 is 14.3 Å². The highest BCUT2D eigenvalue weighted by atomic mass is 79.9. The molecule has 0 radical (unpaired) electrons. The van der Waals surface area contributed by atoms with Gasteiger partial charge in [0, 0.05) is 16.6 Å². The lowest BCUT2D eigenvalue weighted by Gasteiger charge is -2.12. The van der Waals surface area contributed by atoms with E-state index >= 15 is 0 Å². The van der Waals surface area contributed by atoms with Gasteiger partial charge in [-0.3, -0.25) is 4.79 Å². The van der Waals surface area contributed by atoms with Crippen LogP contribution >= 0.6 is 15.9 Å². The molecule has 0 saturated carbocycles. The molecule has 2 aromatic carbocycles. The van der Waals surface area contributed by atoms with Gasteiger partial charge in [-0.1, -0.05) is 52.8 Å².